The van der Waals surface area contributed by atoms with Gasteiger partial charge < -0.3 is 14.7 Å². The molecular formula is C26H31FN4O3. The number of pyridine rings is 1. The summed E-state index contributed by atoms with van der Waals surface area (Å²) in [5.41, 5.74) is 2.25. The van der Waals surface area contributed by atoms with Gasteiger partial charge in [0.15, 0.2) is 0 Å². The van der Waals surface area contributed by atoms with E-state index in [4.69, 9.17) is 4.74 Å². The van der Waals surface area contributed by atoms with Crippen molar-refractivity contribution >= 4 is 16.9 Å². The first-order valence-corrected chi connectivity index (χ1v) is 11.8. The van der Waals surface area contributed by atoms with Gasteiger partial charge in [-0.25, -0.2) is 4.39 Å². The first-order valence-electron chi connectivity index (χ1n) is 11.8. The van der Waals surface area contributed by atoms with Crippen LogP contribution in [0.5, 0.6) is 5.75 Å². The number of nitrogens with zero attached hydrogens (tertiary/aromatic N) is 4. The van der Waals surface area contributed by atoms with Crippen LogP contribution >= 0.6 is 0 Å². The SMILES string of the molecule is COc1ccc2nccc([C@@H](F)CC[C@@H]3CCN(CCCc4cnccn4)C[C@@H]3C(=O)O)c2c1. The van der Waals surface area contributed by atoms with Crippen molar-refractivity contribution in [3.8, 4) is 5.75 Å². The largest absolute Gasteiger partial charge is 0.497 e. The Labute approximate surface area is 199 Å². The molecule has 3 heterocycles. The number of carboxylic acids is 1. The molecule has 1 aliphatic rings. The highest BCUT2D eigenvalue weighted by molar-refractivity contribution is 5.83. The van der Waals surface area contributed by atoms with Crippen LogP contribution in [0, 0.1) is 11.8 Å². The number of ether oxygens (including phenoxy) is 1. The monoisotopic (exact) mass is 466 g/mol. The van der Waals surface area contributed by atoms with E-state index in [0.29, 0.717) is 24.3 Å². The maximum absolute atomic E-state index is 15.4. The number of aromatic nitrogens is 3. The normalized spacial score (nSPS) is 19.7. The summed E-state index contributed by atoms with van der Waals surface area (Å²) >= 11 is 0. The third-order valence-electron chi connectivity index (χ3n) is 6.79. The van der Waals surface area contributed by atoms with Gasteiger partial charge in [0.25, 0.3) is 0 Å². The first kappa shape index (κ1) is 24.0. The van der Waals surface area contributed by atoms with E-state index in [0.717, 1.165) is 48.9 Å². The van der Waals surface area contributed by atoms with Crippen LogP contribution in [0.4, 0.5) is 4.39 Å². The number of hydrogen-bond donors (Lipinski definition) is 1. The number of aryl methyl sites for hydroxylation is 1. The Bertz CT molecular complexity index is 1100. The van der Waals surface area contributed by atoms with E-state index < -0.39 is 18.1 Å². The van der Waals surface area contributed by atoms with Gasteiger partial charge in [0, 0.05) is 36.7 Å². The molecule has 180 valence electrons. The number of hydrogen-bond acceptors (Lipinski definition) is 6. The molecule has 4 rings (SSSR count). The van der Waals surface area contributed by atoms with Gasteiger partial charge in [-0.15, -0.1) is 0 Å². The molecule has 0 bridgehead atoms. The zero-order valence-electron chi connectivity index (χ0n) is 19.4. The van der Waals surface area contributed by atoms with Crippen LogP contribution in [0.25, 0.3) is 10.9 Å². The molecule has 2 aromatic heterocycles. The topological polar surface area (TPSA) is 88.4 Å². The van der Waals surface area contributed by atoms with E-state index in [9.17, 15) is 9.90 Å². The smallest absolute Gasteiger partial charge is 0.308 e. The number of carboxylic acid groups (broad SMARTS) is 1. The van der Waals surface area contributed by atoms with Crippen molar-refractivity contribution in [3.05, 3.63) is 60.3 Å². The van der Waals surface area contributed by atoms with Gasteiger partial charge in [-0.3, -0.25) is 19.7 Å². The van der Waals surface area contributed by atoms with Crippen LogP contribution in [-0.4, -0.2) is 57.7 Å². The number of carbonyl (C=O) groups is 1. The Morgan fingerprint density at radius 1 is 1.26 bits per heavy atom. The minimum atomic E-state index is -1.18. The highest BCUT2D eigenvalue weighted by Gasteiger charge is 2.34. The fourth-order valence-electron chi connectivity index (χ4n) is 4.90. The van der Waals surface area contributed by atoms with Crippen molar-refractivity contribution in [2.45, 2.75) is 38.3 Å². The van der Waals surface area contributed by atoms with E-state index in [1.54, 1.807) is 38.0 Å². The Morgan fingerprint density at radius 2 is 2.15 bits per heavy atom. The fraction of sp³-hybridized carbons (Fsp3) is 0.462. The highest BCUT2D eigenvalue weighted by Crippen LogP contribution is 2.35. The molecule has 1 aromatic carbocycles. The summed E-state index contributed by atoms with van der Waals surface area (Å²) in [5.74, 6) is -0.647. The zero-order chi connectivity index (χ0) is 23.9. The summed E-state index contributed by atoms with van der Waals surface area (Å²) in [6, 6.07) is 7.15. The third-order valence-corrected chi connectivity index (χ3v) is 6.79. The number of methoxy groups -OCH3 is 1. The lowest BCUT2D eigenvalue weighted by Crippen LogP contribution is -2.44. The molecule has 1 saturated heterocycles. The van der Waals surface area contributed by atoms with Crippen molar-refractivity contribution < 1.29 is 19.0 Å². The van der Waals surface area contributed by atoms with E-state index >= 15 is 4.39 Å². The van der Waals surface area contributed by atoms with Gasteiger partial charge in [-0.1, -0.05) is 0 Å². The highest BCUT2D eigenvalue weighted by atomic mass is 19.1. The van der Waals surface area contributed by atoms with Gasteiger partial charge >= 0.3 is 5.97 Å². The Morgan fingerprint density at radius 3 is 2.91 bits per heavy atom. The molecule has 7 nitrogen and oxygen atoms in total. The van der Waals surface area contributed by atoms with Crippen LogP contribution in [0.2, 0.25) is 0 Å². The average molecular weight is 467 g/mol. The summed E-state index contributed by atoms with van der Waals surface area (Å²) in [6.07, 6.45) is 8.86. The molecule has 0 aliphatic carbocycles. The van der Waals surface area contributed by atoms with E-state index in [1.807, 2.05) is 18.2 Å². The Balaban J connectivity index is 1.34. The van der Waals surface area contributed by atoms with Crippen LogP contribution in [0.3, 0.4) is 0 Å². The Hall–Kier alpha value is -3.13. The van der Waals surface area contributed by atoms with Gasteiger partial charge in [0.2, 0.25) is 0 Å². The molecule has 3 aromatic rings. The zero-order valence-corrected chi connectivity index (χ0v) is 19.4. The quantitative estimate of drug-likeness (QED) is 0.471. The molecular weight excluding hydrogens is 435 g/mol. The molecule has 1 N–H and O–H groups in total. The number of rotatable bonds is 10. The molecule has 0 radical (unpaired) electrons. The number of piperidine rings is 1. The lowest BCUT2D eigenvalue weighted by Gasteiger charge is -2.36. The van der Waals surface area contributed by atoms with Crippen LogP contribution < -0.4 is 4.74 Å². The molecule has 0 spiro atoms. The van der Waals surface area contributed by atoms with Crippen molar-refractivity contribution in [3.63, 3.8) is 0 Å². The minimum absolute atomic E-state index is 0.0328. The summed E-state index contributed by atoms with van der Waals surface area (Å²) in [4.78, 5) is 26.9. The predicted molar refractivity (Wildman–Crippen MR) is 127 cm³/mol. The maximum Gasteiger partial charge on any atom is 0.308 e. The lowest BCUT2D eigenvalue weighted by molar-refractivity contribution is -0.146. The van der Waals surface area contributed by atoms with Gasteiger partial charge in [-0.05, 0) is 80.9 Å². The van der Waals surface area contributed by atoms with Gasteiger partial charge in [-0.2, -0.15) is 0 Å². The third kappa shape index (κ3) is 5.86. The van der Waals surface area contributed by atoms with Crippen LogP contribution in [0.1, 0.15) is 43.1 Å². The molecule has 34 heavy (non-hydrogen) atoms. The summed E-state index contributed by atoms with van der Waals surface area (Å²) in [5, 5.41) is 10.6. The number of fused-ring (bicyclic) bond motifs is 1. The number of halogens is 1. The summed E-state index contributed by atoms with van der Waals surface area (Å²) < 4.78 is 20.6. The van der Waals surface area contributed by atoms with Crippen LogP contribution in [-0.2, 0) is 11.2 Å². The second-order valence-electron chi connectivity index (χ2n) is 8.92. The van der Waals surface area contributed by atoms with Crippen LogP contribution in [0.15, 0.2) is 49.1 Å². The number of aliphatic carboxylic acids is 1. The van der Waals surface area contributed by atoms with E-state index in [2.05, 4.69) is 19.9 Å². The predicted octanol–water partition coefficient (Wildman–Crippen LogP) is 4.48. The van der Waals surface area contributed by atoms with Gasteiger partial charge in [0.05, 0.1) is 24.2 Å². The van der Waals surface area contributed by atoms with Gasteiger partial charge in [0.1, 0.15) is 11.9 Å². The standard InChI is InChI=1S/C26H31FN4O3/c1-34-20-5-7-25-22(15-20)21(8-10-30-25)24(27)6-4-18-9-14-31(17-23(18)26(32)33)13-2-3-19-16-28-11-12-29-19/h5,7-8,10-12,15-16,18,23-24H,2-4,6,9,13-14,17H2,1H3,(H,32,33)/t18-,23+,24+/m1/s1. The maximum atomic E-state index is 15.4. The molecule has 1 fully saturated rings. The molecule has 0 saturated carbocycles. The van der Waals surface area contributed by atoms with Crippen molar-refractivity contribution in [1.29, 1.82) is 0 Å². The summed E-state index contributed by atoms with van der Waals surface area (Å²) in [7, 11) is 1.58. The molecule has 3 atom stereocenters. The number of alkyl halides is 1. The summed E-state index contributed by atoms with van der Waals surface area (Å²) in [6.45, 7) is 2.16. The van der Waals surface area contributed by atoms with Crippen molar-refractivity contribution in [2.75, 3.05) is 26.7 Å². The molecule has 0 unspecified atom stereocenters. The lowest BCUT2D eigenvalue weighted by atomic mass is 9.81. The van der Waals surface area contributed by atoms with E-state index in [-0.39, 0.29) is 12.3 Å². The Kier molecular flexibility index (Phi) is 8.00. The molecule has 8 heteroatoms. The molecule has 0 amide bonds. The van der Waals surface area contributed by atoms with Crippen molar-refractivity contribution in [2.24, 2.45) is 11.8 Å². The number of likely N-dealkylation sites (tertiary alicyclic amines) is 1. The number of benzene rings is 1. The minimum Gasteiger partial charge on any atom is -0.497 e. The van der Waals surface area contributed by atoms with E-state index in [1.165, 1.54) is 0 Å². The molecule has 1 aliphatic heterocycles. The first-order chi connectivity index (χ1) is 16.5. The van der Waals surface area contributed by atoms with Crippen molar-refractivity contribution in [1.82, 2.24) is 19.9 Å². The second-order valence-corrected chi connectivity index (χ2v) is 8.92. The average Bonchev–Trinajstić information content (AvgIpc) is 2.87. The fourth-order valence-corrected chi connectivity index (χ4v) is 4.90. The second kappa shape index (κ2) is 11.3.